The van der Waals surface area contributed by atoms with Gasteiger partial charge in [-0.25, -0.2) is 0 Å². The zero-order chi connectivity index (χ0) is 14.4. The lowest BCUT2D eigenvalue weighted by molar-refractivity contribution is -0.143. The lowest BCUT2D eigenvalue weighted by Crippen LogP contribution is -2.17. The average molecular weight is 270 g/mol. The summed E-state index contributed by atoms with van der Waals surface area (Å²) in [5.74, 6) is 0.0610. The zero-order valence-electron chi connectivity index (χ0n) is 11.7. The fraction of sp³-hybridized carbons (Fsp3) is 0.235. The SMILES string of the molecule is CCOC(=O)[C@@H](c1ccccc1)c1cccc(OC)c1. The number of hydrogen-bond acceptors (Lipinski definition) is 3. The van der Waals surface area contributed by atoms with Crippen LogP contribution in [0.2, 0.25) is 0 Å². The molecule has 0 fully saturated rings. The summed E-state index contributed by atoms with van der Waals surface area (Å²) in [4.78, 5) is 12.3. The van der Waals surface area contributed by atoms with Crippen molar-refractivity contribution >= 4 is 5.97 Å². The summed E-state index contributed by atoms with van der Waals surface area (Å²) in [6, 6.07) is 17.1. The highest BCUT2D eigenvalue weighted by atomic mass is 16.5. The molecular weight excluding hydrogens is 252 g/mol. The van der Waals surface area contributed by atoms with Gasteiger partial charge in [-0.3, -0.25) is 4.79 Å². The van der Waals surface area contributed by atoms with Gasteiger partial charge in [-0.15, -0.1) is 0 Å². The highest BCUT2D eigenvalue weighted by Gasteiger charge is 2.24. The fourth-order valence-electron chi connectivity index (χ4n) is 2.16. The first-order chi connectivity index (χ1) is 9.76. The Bertz CT molecular complexity index is 563. The van der Waals surface area contributed by atoms with Gasteiger partial charge in [0.15, 0.2) is 0 Å². The maximum Gasteiger partial charge on any atom is 0.317 e. The minimum absolute atomic E-state index is 0.244. The summed E-state index contributed by atoms with van der Waals surface area (Å²) in [6.07, 6.45) is 0. The Labute approximate surface area is 119 Å². The first-order valence-corrected chi connectivity index (χ1v) is 6.61. The molecule has 0 aliphatic heterocycles. The molecule has 0 radical (unpaired) electrons. The Morgan fingerprint density at radius 2 is 1.75 bits per heavy atom. The van der Waals surface area contributed by atoms with Crippen molar-refractivity contribution in [1.82, 2.24) is 0 Å². The maximum atomic E-state index is 12.3. The van der Waals surface area contributed by atoms with Crippen LogP contribution >= 0.6 is 0 Å². The predicted octanol–water partition coefficient (Wildman–Crippen LogP) is 3.39. The highest BCUT2D eigenvalue weighted by Crippen LogP contribution is 2.28. The Morgan fingerprint density at radius 3 is 2.40 bits per heavy atom. The number of esters is 1. The molecule has 0 aromatic heterocycles. The van der Waals surface area contributed by atoms with Gasteiger partial charge in [0.25, 0.3) is 0 Å². The van der Waals surface area contributed by atoms with Crippen LogP contribution in [0.4, 0.5) is 0 Å². The van der Waals surface area contributed by atoms with E-state index in [-0.39, 0.29) is 5.97 Å². The Hall–Kier alpha value is -2.29. The molecule has 2 rings (SSSR count). The quantitative estimate of drug-likeness (QED) is 0.781. The van der Waals surface area contributed by atoms with Crippen molar-refractivity contribution in [3.8, 4) is 5.75 Å². The van der Waals surface area contributed by atoms with E-state index in [0.29, 0.717) is 6.61 Å². The third kappa shape index (κ3) is 3.18. The Kier molecular flexibility index (Phi) is 4.77. The zero-order valence-corrected chi connectivity index (χ0v) is 11.7. The van der Waals surface area contributed by atoms with E-state index >= 15 is 0 Å². The van der Waals surface area contributed by atoms with Crippen molar-refractivity contribution < 1.29 is 14.3 Å². The minimum atomic E-state index is -0.425. The van der Waals surface area contributed by atoms with Crippen LogP contribution in [0.1, 0.15) is 24.0 Å². The van der Waals surface area contributed by atoms with Crippen molar-refractivity contribution in [3.63, 3.8) is 0 Å². The van der Waals surface area contributed by atoms with E-state index in [1.807, 2.05) is 61.5 Å². The van der Waals surface area contributed by atoms with Gasteiger partial charge in [-0.1, -0.05) is 42.5 Å². The standard InChI is InChI=1S/C17H18O3/c1-3-20-17(18)16(13-8-5-4-6-9-13)14-10-7-11-15(12-14)19-2/h4-12,16H,3H2,1-2H3/t16-/m0/s1. The molecule has 0 unspecified atom stereocenters. The molecule has 3 nitrogen and oxygen atoms in total. The lowest BCUT2D eigenvalue weighted by atomic mass is 9.91. The van der Waals surface area contributed by atoms with Crippen LogP contribution in [0.3, 0.4) is 0 Å². The van der Waals surface area contributed by atoms with E-state index in [1.165, 1.54) is 0 Å². The molecule has 104 valence electrons. The molecule has 0 spiro atoms. The number of carbonyl (C=O) groups is 1. The Morgan fingerprint density at radius 1 is 1.05 bits per heavy atom. The first-order valence-electron chi connectivity index (χ1n) is 6.61. The molecule has 20 heavy (non-hydrogen) atoms. The van der Waals surface area contributed by atoms with Crippen molar-refractivity contribution in [1.29, 1.82) is 0 Å². The second kappa shape index (κ2) is 6.75. The minimum Gasteiger partial charge on any atom is -0.497 e. The van der Waals surface area contributed by atoms with Crippen LogP contribution in [-0.4, -0.2) is 19.7 Å². The van der Waals surface area contributed by atoms with E-state index in [4.69, 9.17) is 9.47 Å². The van der Waals surface area contributed by atoms with Gasteiger partial charge in [-0.05, 0) is 30.2 Å². The summed E-state index contributed by atoms with van der Waals surface area (Å²) in [7, 11) is 1.61. The fourth-order valence-corrected chi connectivity index (χ4v) is 2.16. The molecule has 0 N–H and O–H groups in total. The molecule has 0 heterocycles. The molecule has 0 aliphatic carbocycles. The van der Waals surface area contributed by atoms with Gasteiger partial charge in [0, 0.05) is 0 Å². The molecule has 3 heteroatoms. The average Bonchev–Trinajstić information content (AvgIpc) is 2.49. The molecule has 2 aromatic rings. The number of rotatable bonds is 5. The normalized spacial score (nSPS) is 11.7. The summed E-state index contributed by atoms with van der Waals surface area (Å²) in [5.41, 5.74) is 1.79. The largest absolute Gasteiger partial charge is 0.497 e. The Balaban J connectivity index is 2.43. The number of benzene rings is 2. The maximum absolute atomic E-state index is 12.3. The second-order valence-electron chi connectivity index (χ2n) is 4.37. The van der Waals surface area contributed by atoms with Crippen LogP contribution in [0.25, 0.3) is 0 Å². The summed E-state index contributed by atoms with van der Waals surface area (Å²) in [5, 5.41) is 0. The molecule has 0 amide bonds. The smallest absolute Gasteiger partial charge is 0.317 e. The van der Waals surface area contributed by atoms with Gasteiger partial charge in [0.2, 0.25) is 0 Å². The van der Waals surface area contributed by atoms with Gasteiger partial charge >= 0.3 is 5.97 Å². The number of ether oxygens (including phenoxy) is 2. The second-order valence-corrected chi connectivity index (χ2v) is 4.37. The summed E-state index contributed by atoms with van der Waals surface area (Å²) >= 11 is 0. The van der Waals surface area contributed by atoms with Crippen LogP contribution in [0, 0.1) is 0 Å². The molecule has 1 atom stereocenters. The summed E-state index contributed by atoms with van der Waals surface area (Å²) in [6.45, 7) is 2.18. The molecule has 0 saturated carbocycles. The van der Waals surface area contributed by atoms with Crippen molar-refractivity contribution in [2.75, 3.05) is 13.7 Å². The van der Waals surface area contributed by atoms with Gasteiger partial charge in [-0.2, -0.15) is 0 Å². The lowest BCUT2D eigenvalue weighted by Gasteiger charge is -2.17. The predicted molar refractivity (Wildman–Crippen MR) is 77.9 cm³/mol. The number of carbonyl (C=O) groups excluding carboxylic acids is 1. The first kappa shape index (κ1) is 14.1. The molecular formula is C17H18O3. The van der Waals surface area contributed by atoms with Gasteiger partial charge < -0.3 is 9.47 Å². The van der Waals surface area contributed by atoms with E-state index in [1.54, 1.807) is 7.11 Å². The molecule has 0 bridgehead atoms. The van der Waals surface area contributed by atoms with Gasteiger partial charge in [0.05, 0.1) is 13.7 Å². The van der Waals surface area contributed by atoms with Crippen LogP contribution in [0.15, 0.2) is 54.6 Å². The van der Waals surface area contributed by atoms with E-state index in [2.05, 4.69) is 0 Å². The molecule has 0 aliphatic rings. The molecule has 0 saturated heterocycles. The third-order valence-electron chi connectivity index (χ3n) is 3.08. The van der Waals surface area contributed by atoms with E-state index in [0.717, 1.165) is 16.9 Å². The van der Waals surface area contributed by atoms with E-state index < -0.39 is 5.92 Å². The van der Waals surface area contributed by atoms with Crippen LogP contribution in [0.5, 0.6) is 5.75 Å². The number of methoxy groups -OCH3 is 1. The van der Waals surface area contributed by atoms with Crippen molar-refractivity contribution in [2.45, 2.75) is 12.8 Å². The van der Waals surface area contributed by atoms with Crippen molar-refractivity contribution in [3.05, 3.63) is 65.7 Å². The molecule has 2 aromatic carbocycles. The third-order valence-corrected chi connectivity index (χ3v) is 3.08. The van der Waals surface area contributed by atoms with Crippen LogP contribution < -0.4 is 4.74 Å². The van der Waals surface area contributed by atoms with Crippen LogP contribution in [-0.2, 0) is 9.53 Å². The highest BCUT2D eigenvalue weighted by molar-refractivity contribution is 5.82. The van der Waals surface area contributed by atoms with Crippen molar-refractivity contribution in [2.24, 2.45) is 0 Å². The topological polar surface area (TPSA) is 35.5 Å². The van der Waals surface area contributed by atoms with Gasteiger partial charge in [0.1, 0.15) is 11.7 Å². The van der Waals surface area contributed by atoms with E-state index in [9.17, 15) is 4.79 Å². The summed E-state index contributed by atoms with van der Waals surface area (Å²) < 4.78 is 10.4. The monoisotopic (exact) mass is 270 g/mol. The number of hydrogen-bond donors (Lipinski definition) is 0.